The summed E-state index contributed by atoms with van der Waals surface area (Å²) in [5, 5.41) is 9.84. The van der Waals surface area contributed by atoms with Crippen molar-refractivity contribution in [3.05, 3.63) is 0 Å². The molecule has 4 heteroatoms. The van der Waals surface area contributed by atoms with Crippen LogP contribution in [0.4, 0.5) is 0 Å². The van der Waals surface area contributed by atoms with Gasteiger partial charge in [-0.05, 0) is 19.3 Å². The lowest BCUT2D eigenvalue weighted by Gasteiger charge is -2.50. The van der Waals surface area contributed by atoms with Gasteiger partial charge in [-0.2, -0.15) is 0 Å². The molecule has 2 heterocycles. The van der Waals surface area contributed by atoms with Crippen molar-refractivity contribution in [3.63, 3.8) is 0 Å². The number of hydrogen-bond acceptors (Lipinski definition) is 3. The molecule has 0 aromatic carbocycles. The fourth-order valence-electron chi connectivity index (χ4n) is 3.47. The van der Waals surface area contributed by atoms with Gasteiger partial charge in [0.05, 0.1) is 6.10 Å². The van der Waals surface area contributed by atoms with E-state index in [2.05, 4.69) is 0 Å². The van der Waals surface area contributed by atoms with Crippen molar-refractivity contribution >= 4 is 11.7 Å². The second-order valence-electron chi connectivity index (χ2n) is 5.07. The van der Waals surface area contributed by atoms with Crippen LogP contribution in [0.1, 0.15) is 32.1 Å². The van der Waals surface area contributed by atoms with Crippen LogP contribution in [0, 0.1) is 5.92 Å². The minimum Gasteiger partial charge on any atom is -0.391 e. The minimum absolute atomic E-state index is 0.0745. The van der Waals surface area contributed by atoms with Gasteiger partial charge in [-0.25, -0.2) is 0 Å². The summed E-state index contributed by atoms with van der Waals surface area (Å²) in [7, 11) is 0. The highest BCUT2D eigenvalue weighted by Gasteiger charge is 2.55. The lowest BCUT2D eigenvalue weighted by molar-refractivity contribution is -0.151. The third-order valence-electron chi connectivity index (χ3n) is 4.36. The first-order valence-corrected chi connectivity index (χ1v) is 5.64. The molecule has 1 saturated carbocycles. The summed E-state index contributed by atoms with van der Waals surface area (Å²) in [6.45, 7) is 0.370. The first kappa shape index (κ1) is 9.33. The molecule has 1 amide bonds. The topological polar surface area (TPSA) is 57.6 Å². The number of Topliss-reactive ketones (excluding diaryl/α,β-unsaturated/α-hetero) is 1. The summed E-state index contributed by atoms with van der Waals surface area (Å²) in [6, 6.07) is 0. The molecule has 0 aromatic rings. The van der Waals surface area contributed by atoms with Crippen LogP contribution in [0.5, 0.6) is 0 Å². The summed E-state index contributed by atoms with van der Waals surface area (Å²) < 4.78 is 0. The van der Waals surface area contributed by atoms with Crippen LogP contribution in [0.3, 0.4) is 0 Å². The summed E-state index contributed by atoms with van der Waals surface area (Å²) in [5.41, 5.74) is -0.0745. The molecular weight excluding hydrogens is 194 g/mol. The van der Waals surface area contributed by atoms with Crippen molar-refractivity contribution < 1.29 is 14.7 Å². The van der Waals surface area contributed by atoms with E-state index in [4.69, 9.17) is 0 Å². The Labute approximate surface area is 88.2 Å². The molecule has 3 aliphatic rings. The van der Waals surface area contributed by atoms with Gasteiger partial charge in [-0.3, -0.25) is 9.59 Å². The number of fused-ring (bicyclic) bond motifs is 1. The summed E-state index contributed by atoms with van der Waals surface area (Å²) in [6.07, 6.45) is 2.87. The van der Waals surface area contributed by atoms with Gasteiger partial charge in [0, 0.05) is 30.8 Å². The molecule has 1 spiro atoms. The van der Waals surface area contributed by atoms with Gasteiger partial charge < -0.3 is 10.0 Å². The van der Waals surface area contributed by atoms with Crippen molar-refractivity contribution in [2.75, 3.05) is 6.54 Å². The van der Waals surface area contributed by atoms with Gasteiger partial charge in [-0.15, -0.1) is 0 Å². The maximum Gasteiger partial charge on any atom is 0.223 e. The zero-order valence-electron chi connectivity index (χ0n) is 8.61. The first-order chi connectivity index (χ1) is 7.12. The number of nitrogens with zero attached hydrogens (tertiary/aromatic N) is 1. The number of carbonyl (C=O) groups is 2. The van der Waals surface area contributed by atoms with E-state index in [1.807, 2.05) is 4.90 Å². The Balaban J connectivity index is 1.97. The van der Waals surface area contributed by atoms with Gasteiger partial charge in [0.15, 0.2) is 0 Å². The molecule has 15 heavy (non-hydrogen) atoms. The molecule has 4 nitrogen and oxygen atoms in total. The fourth-order valence-corrected chi connectivity index (χ4v) is 3.47. The van der Waals surface area contributed by atoms with E-state index < -0.39 is 6.10 Å². The number of hydrogen-bond donors (Lipinski definition) is 1. The van der Waals surface area contributed by atoms with E-state index in [-0.39, 0.29) is 23.1 Å². The quantitative estimate of drug-likeness (QED) is 0.615. The molecule has 2 saturated heterocycles. The smallest absolute Gasteiger partial charge is 0.223 e. The number of amides is 1. The molecule has 2 bridgehead atoms. The summed E-state index contributed by atoms with van der Waals surface area (Å²) >= 11 is 0. The molecule has 0 radical (unpaired) electrons. The van der Waals surface area contributed by atoms with E-state index in [0.29, 0.717) is 25.8 Å². The highest BCUT2D eigenvalue weighted by Crippen LogP contribution is 2.47. The molecule has 3 rings (SSSR count). The number of aliphatic hydroxyl groups is 1. The first-order valence-electron chi connectivity index (χ1n) is 5.64. The van der Waals surface area contributed by atoms with Crippen LogP contribution >= 0.6 is 0 Å². The Kier molecular flexibility index (Phi) is 1.75. The maximum atomic E-state index is 11.7. The normalized spacial score (nSPS) is 44.5. The zero-order valence-corrected chi connectivity index (χ0v) is 8.61. The number of rotatable bonds is 0. The molecule has 2 aliphatic heterocycles. The average Bonchev–Trinajstić information content (AvgIpc) is 2.52. The van der Waals surface area contributed by atoms with Crippen molar-refractivity contribution in [1.29, 1.82) is 0 Å². The average molecular weight is 209 g/mol. The molecule has 1 N–H and O–H groups in total. The Bertz CT molecular complexity index is 341. The van der Waals surface area contributed by atoms with Crippen LogP contribution in [0.15, 0.2) is 0 Å². The van der Waals surface area contributed by atoms with Crippen molar-refractivity contribution in [2.24, 2.45) is 5.92 Å². The third-order valence-corrected chi connectivity index (χ3v) is 4.36. The maximum absolute atomic E-state index is 11.7. The van der Waals surface area contributed by atoms with Gasteiger partial charge in [0.1, 0.15) is 5.78 Å². The van der Waals surface area contributed by atoms with E-state index in [1.165, 1.54) is 0 Å². The van der Waals surface area contributed by atoms with Crippen molar-refractivity contribution in [3.8, 4) is 0 Å². The highest BCUT2D eigenvalue weighted by atomic mass is 16.3. The number of aliphatic hydroxyl groups excluding tert-OH is 1. The van der Waals surface area contributed by atoms with Crippen LogP contribution in [0.2, 0.25) is 0 Å². The van der Waals surface area contributed by atoms with E-state index >= 15 is 0 Å². The van der Waals surface area contributed by atoms with Crippen molar-refractivity contribution in [2.45, 2.75) is 43.7 Å². The van der Waals surface area contributed by atoms with Gasteiger partial charge in [0.2, 0.25) is 5.91 Å². The second-order valence-corrected chi connectivity index (χ2v) is 5.07. The van der Waals surface area contributed by atoms with E-state index in [0.717, 1.165) is 12.8 Å². The number of piperidine rings is 1. The third kappa shape index (κ3) is 1.11. The molecule has 3 atom stereocenters. The van der Waals surface area contributed by atoms with Crippen LogP contribution in [0.25, 0.3) is 0 Å². The summed E-state index contributed by atoms with van der Waals surface area (Å²) in [4.78, 5) is 25.1. The Morgan fingerprint density at radius 3 is 2.80 bits per heavy atom. The fraction of sp³-hybridized carbons (Fsp3) is 0.818. The van der Waals surface area contributed by atoms with Crippen molar-refractivity contribution in [1.82, 2.24) is 4.90 Å². The largest absolute Gasteiger partial charge is 0.391 e. The Hall–Kier alpha value is -0.900. The molecule has 82 valence electrons. The Morgan fingerprint density at radius 1 is 1.27 bits per heavy atom. The zero-order chi connectivity index (χ0) is 10.6. The van der Waals surface area contributed by atoms with Crippen LogP contribution < -0.4 is 0 Å². The molecule has 0 unspecified atom stereocenters. The highest BCUT2D eigenvalue weighted by molar-refractivity contribution is 5.86. The lowest BCUT2D eigenvalue weighted by Crippen LogP contribution is -2.60. The standard InChI is InChI=1S/C11H15NO3/c13-8-1-3-11-4-2-10(15)12(11)6-9(14)7(8)5-11/h7,9,14H,1-6H2/t7-,9+,11+/m0/s1. The summed E-state index contributed by atoms with van der Waals surface area (Å²) in [5.74, 6) is 0.134. The monoisotopic (exact) mass is 209 g/mol. The minimum atomic E-state index is -0.632. The molecule has 0 aromatic heterocycles. The van der Waals surface area contributed by atoms with Gasteiger partial charge >= 0.3 is 0 Å². The van der Waals surface area contributed by atoms with Crippen LogP contribution in [-0.2, 0) is 9.59 Å². The number of ketones is 1. The lowest BCUT2D eigenvalue weighted by atomic mass is 9.69. The molecule has 3 fully saturated rings. The van der Waals surface area contributed by atoms with E-state index in [1.54, 1.807) is 0 Å². The SMILES string of the molecule is O=C1CC[C@]23CCC(=O)N2C[C@@H](O)[C@H]1C3. The number of carbonyl (C=O) groups excluding carboxylic acids is 2. The number of β-amino-alcohol motifs (C(OH)–C–C–N with tert-alkyl or cyclic N) is 1. The predicted molar refractivity (Wildman–Crippen MR) is 52.0 cm³/mol. The molecular formula is C11H15NO3. The Morgan fingerprint density at radius 2 is 2.00 bits per heavy atom. The van der Waals surface area contributed by atoms with Crippen LogP contribution in [-0.4, -0.2) is 39.9 Å². The second kappa shape index (κ2) is 2.82. The van der Waals surface area contributed by atoms with Gasteiger partial charge in [-0.1, -0.05) is 0 Å². The van der Waals surface area contributed by atoms with E-state index in [9.17, 15) is 14.7 Å². The van der Waals surface area contributed by atoms with Gasteiger partial charge in [0.25, 0.3) is 0 Å². The molecule has 1 aliphatic carbocycles. The predicted octanol–water partition coefficient (Wildman–Crippen LogP) is 0.0913.